The highest BCUT2D eigenvalue weighted by Crippen LogP contribution is 2.32. The van der Waals surface area contributed by atoms with Crippen molar-refractivity contribution < 1.29 is 19.4 Å². The van der Waals surface area contributed by atoms with Gasteiger partial charge in [0, 0.05) is 25.7 Å². The van der Waals surface area contributed by atoms with E-state index in [9.17, 15) is 19.8 Å². The number of amides is 1. The topological polar surface area (TPSA) is 91.0 Å². The summed E-state index contributed by atoms with van der Waals surface area (Å²) in [4.78, 5) is 26.4. The van der Waals surface area contributed by atoms with Crippen LogP contribution in [-0.2, 0) is 17.8 Å². The molecule has 0 saturated heterocycles. The molecular weight excluding hydrogens is 334 g/mol. The van der Waals surface area contributed by atoms with E-state index in [1.807, 2.05) is 30.3 Å². The largest absolute Gasteiger partial charge is 0.508 e. The molecule has 3 aromatic rings. The Kier molecular flexibility index (Phi) is 4.67. The summed E-state index contributed by atoms with van der Waals surface area (Å²) in [6, 6.07) is 12.0. The van der Waals surface area contributed by atoms with Gasteiger partial charge in [-0.15, -0.1) is 0 Å². The van der Waals surface area contributed by atoms with Gasteiger partial charge in [0.15, 0.2) is 0 Å². The Hall–Kier alpha value is -3.28. The summed E-state index contributed by atoms with van der Waals surface area (Å²) < 4.78 is 5.19. The molecule has 2 aromatic carbocycles. The fraction of sp³-hybridized carbons (Fsp3) is 0.200. The van der Waals surface area contributed by atoms with Crippen LogP contribution in [0.3, 0.4) is 0 Å². The number of aryl methyl sites for hydroxylation is 1. The Morgan fingerprint density at radius 1 is 1.15 bits per heavy atom. The highest BCUT2D eigenvalue weighted by atomic mass is 16.4. The van der Waals surface area contributed by atoms with Crippen LogP contribution in [0, 0.1) is 6.92 Å². The number of fused-ring (bicyclic) bond motifs is 1. The van der Waals surface area contributed by atoms with Crippen LogP contribution in [0.4, 0.5) is 0 Å². The van der Waals surface area contributed by atoms with Crippen molar-refractivity contribution in [3.63, 3.8) is 0 Å². The highest BCUT2D eigenvalue weighted by Gasteiger charge is 2.19. The molecule has 0 radical (unpaired) electrons. The van der Waals surface area contributed by atoms with E-state index in [0.717, 1.165) is 5.56 Å². The molecule has 0 atom stereocenters. The number of phenols is 2. The van der Waals surface area contributed by atoms with Gasteiger partial charge in [-0.1, -0.05) is 30.3 Å². The number of phenolic OH excluding ortho intramolecular Hbond substituents is 2. The van der Waals surface area contributed by atoms with Crippen molar-refractivity contribution >= 4 is 16.9 Å². The number of carbonyl (C=O) groups is 1. The van der Waals surface area contributed by atoms with Gasteiger partial charge in [0.05, 0.1) is 17.4 Å². The summed E-state index contributed by atoms with van der Waals surface area (Å²) in [6.07, 6.45) is -0.131. The molecule has 0 aliphatic carbocycles. The van der Waals surface area contributed by atoms with Crippen molar-refractivity contribution in [2.75, 3.05) is 7.05 Å². The van der Waals surface area contributed by atoms with E-state index >= 15 is 0 Å². The van der Waals surface area contributed by atoms with E-state index in [0.29, 0.717) is 17.5 Å². The van der Waals surface area contributed by atoms with Crippen LogP contribution in [0.5, 0.6) is 11.5 Å². The second kappa shape index (κ2) is 6.92. The summed E-state index contributed by atoms with van der Waals surface area (Å²) in [7, 11) is 1.67. The van der Waals surface area contributed by atoms with Crippen LogP contribution in [-0.4, -0.2) is 28.1 Å². The Balaban J connectivity index is 1.91. The number of rotatable bonds is 4. The number of likely N-dealkylation sites (N-methyl/N-ethyl adjacent to an activating group) is 1. The maximum Gasteiger partial charge on any atom is 0.340 e. The Morgan fingerprint density at radius 3 is 2.54 bits per heavy atom. The fourth-order valence-corrected chi connectivity index (χ4v) is 2.95. The van der Waals surface area contributed by atoms with Crippen molar-refractivity contribution in [2.24, 2.45) is 0 Å². The minimum atomic E-state index is -0.651. The molecule has 6 heteroatoms. The zero-order valence-electron chi connectivity index (χ0n) is 14.5. The van der Waals surface area contributed by atoms with E-state index in [2.05, 4.69) is 0 Å². The Morgan fingerprint density at radius 2 is 1.85 bits per heavy atom. The van der Waals surface area contributed by atoms with Crippen LogP contribution in [0.2, 0.25) is 0 Å². The SMILES string of the molecule is Cc1c(CC(=O)N(C)Cc2ccccc2)c(=O)oc2cc(O)cc(O)c12. The molecule has 6 nitrogen and oxygen atoms in total. The fourth-order valence-electron chi connectivity index (χ4n) is 2.95. The lowest BCUT2D eigenvalue weighted by atomic mass is 10.0. The average molecular weight is 353 g/mol. The molecule has 3 rings (SSSR count). The molecular formula is C20H19NO5. The van der Waals surface area contributed by atoms with E-state index in [1.54, 1.807) is 14.0 Å². The number of hydrogen-bond donors (Lipinski definition) is 2. The monoisotopic (exact) mass is 353 g/mol. The van der Waals surface area contributed by atoms with E-state index in [4.69, 9.17) is 4.42 Å². The molecule has 0 fully saturated rings. The quantitative estimate of drug-likeness (QED) is 0.704. The van der Waals surface area contributed by atoms with Gasteiger partial charge < -0.3 is 19.5 Å². The first-order valence-electron chi connectivity index (χ1n) is 8.13. The average Bonchev–Trinajstić information content (AvgIpc) is 2.58. The van der Waals surface area contributed by atoms with E-state index in [1.165, 1.54) is 17.0 Å². The van der Waals surface area contributed by atoms with Crippen LogP contribution in [0.25, 0.3) is 11.0 Å². The zero-order valence-corrected chi connectivity index (χ0v) is 14.5. The molecule has 0 unspecified atom stereocenters. The van der Waals surface area contributed by atoms with Crippen molar-refractivity contribution in [3.8, 4) is 11.5 Å². The van der Waals surface area contributed by atoms with Crippen molar-refractivity contribution in [1.82, 2.24) is 4.90 Å². The number of carbonyl (C=O) groups excluding carboxylic acids is 1. The molecule has 0 bridgehead atoms. The summed E-state index contributed by atoms with van der Waals surface area (Å²) in [5.74, 6) is -0.640. The van der Waals surface area contributed by atoms with E-state index < -0.39 is 5.63 Å². The van der Waals surface area contributed by atoms with Crippen molar-refractivity contribution in [2.45, 2.75) is 19.9 Å². The molecule has 0 aliphatic heterocycles. The van der Waals surface area contributed by atoms with Gasteiger partial charge in [0.1, 0.15) is 17.1 Å². The van der Waals surface area contributed by atoms with Gasteiger partial charge in [-0.3, -0.25) is 4.79 Å². The van der Waals surface area contributed by atoms with Gasteiger partial charge in [-0.2, -0.15) is 0 Å². The van der Waals surface area contributed by atoms with Gasteiger partial charge in [-0.05, 0) is 18.1 Å². The molecule has 1 aromatic heterocycles. The molecule has 0 spiro atoms. The first-order valence-corrected chi connectivity index (χ1v) is 8.13. The third-order valence-corrected chi connectivity index (χ3v) is 4.36. The molecule has 0 aliphatic rings. The summed E-state index contributed by atoms with van der Waals surface area (Å²) in [6.45, 7) is 2.08. The third-order valence-electron chi connectivity index (χ3n) is 4.36. The van der Waals surface area contributed by atoms with Crippen LogP contribution >= 0.6 is 0 Å². The Labute approximate surface area is 149 Å². The van der Waals surface area contributed by atoms with Crippen LogP contribution in [0.1, 0.15) is 16.7 Å². The number of aromatic hydroxyl groups is 2. The first kappa shape index (κ1) is 17.5. The number of benzene rings is 2. The Bertz CT molecular complexity index is 1020. The molecule has 2 N–H and O–H groups in total. The van der Waals surface area contributed by atoms with Crippen molar-refractivity contribution in [3.05, 3.63) is 69.6 Å². The smallest absolute Gasteiger partial charge is 0.340 e. The zero-order chi connectivity index (χ0) is 18.8. The van der Waals surface area contributed by atoms with Crippen LogP contribution < -0.4 is 5.63 Å². The molecule has 1 amide bonds. The standard InChI is InChI=1S/C20H19NO5/c1-12-15(10-18(24)21(2)11-13-6-4-3-5-7-13)20(25)26-17-9-14(22)8-16(23)19(12)17/h3-9,22-23H,10-11H2,1-2H3. The third kappa shape index (κ3) is 3.39. The molecule has 26 heavy (non-hydrogen) atoms. The highest BCUT2D eigenvalue weighted by molar-refractivity contribution is 5.89. The van der Waals surface area contributed by atoms with Gasteiger partial charge in [0.2, 0.25) is 5.91 Å². The second-order valence-electron chi connectivity index (χ2n) is 6.24. The van der Waals surface area contributed by atoms with Gasteiger partial charge in [0.25, 0.3) is 0 Å². The summed E-state index contributed by atoms with van der Waals surface area (Å²) >= 11 is 0. The predicted octanol–water partition coefficient (Wildman–Crippen LogP) is 2.71. The lowest BCUT2D eigenvalue weighted by Gasteiger charge is -2.18. The maximum absolute atomic E-state index is 12.5. The lowest BCUT2D eigenvalue weighted by Crippen LogP contribution is -2.29. The summed E-state index contributed by atoms with van der Waals surface area (Å²) in [5.41, 5.74) is 1.08. The summed E-state index contributed by atoms with van der Waals surface area (Å²) in [5, 5.41) is 19.9. The maximum atomic E-state index is 12.5. The molecule has 0 saturated carbocycles. The van der Waals surface area contributed by atoms with Crippen molar-refractivity contribution in [1.29, 1.82) is 0 Å². The first-order chi connectivity index (χ1) is 12.4. The van der Waals surface area contributed by atoms with E-state index in [-0.39, 0.29) is 35.0 Å². The van der Waals surface area contributed by atoms with Crippen LogP contribution in [0.15, 0.2) is 51.7 Å². The second-order valence-corrected chi connectivity index (χ2v) is 6.24. The van der Waals surface area contributed by atoms with Gasteiger partial charge >= 0.3 is 5.63 Å². The lowest BCUT2D eigenvalue weighted by molar-refractivity contribution is -0.129. The molecule has 1 heterocycles. The predicted molar refractivity (Wildman–Crippen MR) is 97.2 cm³/mol. The normalized spacial score (nSPS) is 10.8. The molecule has 134 valence electrons. The minimum absolute atomic E-state index is 0.0823. The number of hydrogen-bond acceptors (Lipinski definition) is 5. The minimum Gasteiger partial charge on any atom is -0.508 e. The van der Waals surface area contributed by atoms with Gasteiger partial charge in [-0.25, -0.2) is 4.79 Å². The number of nitrogens with zero attached hydrogens (tertiary/aromatic N) is 1.